The molecule has 0 saturated heterocycles. The number of hydrogen-bond acceptors (Lipinski definition) is 7. The summed E-state index contributed by atoms with van der Waals surface area (Å²) in [6.07, 6.45) is 7.80. The monoisotopic (exact) mass is 436 g/mol. The quantitative estimate of drug-likeness (QED) is 0.470. The average molecular weight is 437 g/mol. The number of carbonyl (C=O) groups is 2. The van der Waals surface area contributed by atoms with Gasteiger partial charge >= 0.3 is 0 Å². The summed E-state index contributed by atoms with van der Waals surface area (Å²) in [4.78, 5) is 33.4. The van der Waals surface area contributed by atoms with Crippen LogP contribution in [-0.4, -0.2) is 49.0 Å². The Kier molecular flexibility index (Phi) is 5.79. The summed E-state index contributed by atoms with van der Waals surface area (Å²) in [5.74, 6) is -0.148. The van der Waals surface area contributed by atoms with Crippen LogP contribution in [0.15, 0.2) is 36.9 Å². The van der Waals surface area contributed by atoms with Gasteiger partial charge in [0.1, 0.15) is 11.8 Å². The van der Waals surface area contributed by atoms with Crippen molar-refractivity contribution in [3.8, 4) is 11.3 Å². The van der Waals surface area contributed by atoms with Gasteiger partial charge in [-0.05, 0) is 57.7 Å². The molecule has 3 aromatic heterocycles. The molecule has 0 unspecified atom stereocenters. The summed E-state index contributed by atoms with van der Waals surface area (Å²) in [7, 11) is 0. The van der Waals surface area contributed by atoms with E-state index < -0.39 is 5.54 Å². The number of nitrogens with one attached hydrogen (secondary N) is 2. The molecule has 0 aromatic carbocycles. The van der Waals surface area contributed by atoms with Gasteiger partial charge in [-0.25, -0.2) is 9.50 Å². The third-order valence-corrected chi connectivity index (χ3v) is 5.79. The number of rotatable bonds is 5. The van der Waals surface area contributed by atoms with Crippen molar-refractivity contribution in [2.75, 3.05) is 5.73 Å². The van der Waals surface area contributed by atoms with Crippen molar-refractivity contribution >= 4 is 23.1 Å². The minimum atomic E-state index is -0.907. The fourth-order valence-corrected chi connectivity index (χ4v) is 3.99. The average Bonchev–Trinajstić information content (AvgIpc) is 3.16. The van der Waals surface area contributed by atoms with E-state index in [9.17, 15) is 9.59 Å². The maximum absolute atomic E-state index is 13.2. The maximum Gasteiger partial charge on any atom is 0.253 e. The topological polar surface area (TPSA) is 153 Å². The van der Waals surface area contributed by atoms with Crippen LogP contribution in [0.25, 0.3) is 16.8 Å². The number of carbonyl (C=O) groups excluding carboxylic acids is 2. The lowest BCUT2D eigenvalue weighted by Crippen LogP contribution is -2.53. The molecule has 0 atom stereocenters. The van der Waals surface area contributed by atoms with Gasteiger partial charge in [-0.1, -0.05) is 0 Å². The number of anilines is 1. The van der Waals surface area contributed by atoms with E-state index in [-0.39, 0.29) is 29.7 Å². The molecular weight excluding hydrogens is 408 g/mol. The second-order valence-corrected chi connectivity index (χ2v) is 8.80. The minimum absolute atomic E-state index is 0.00622. The fraction of sp³-hybridized carbons (Fsp3) is 0.409. The van der Waals surface area contributed by atoms with E-state index in [1.165, 1.54) is 6.33 Å². The third-order valence-electron chi connectivity index (χ3n) is 5.79. The van der Waals surface area contributed by atoms with Crippen molar-refractivity contribution < 1.29 is 9.59 Å². The maximum atomic E-state index is 13.2. The number of aromatic nitrogens is 4. The molecule has 1 aliphatic rings. The number of nitrogens with zero attached hydrogens (tertiary/aromatic N) is 4. The highest BCUT2D eigenvalue weighted by atomic mass is 16.2. The summed E-state index contributed by atoms with van der Waals surface area (Å²) < 4.78 is 1.63. The number of hydrogen-bond donors (Lipinski definition) is 4. The number of fused-ring (bicyclic) bond motifs is 1. The second kappa shape index (κ2) is 8.54. The molecule has 168 valence electrons. The van der Waals surface area contributed by atoms with Crippen LogP contribution in [0.3, 0.4) is 0 Å². The van der Waals surface area contributed by atoms with Crippen molar-refractivity contribution in [3.63, 3.8) is 0 Å². The minimum Gasteiger partial charge on any atom is -0.382 e. The molecule has 6 N–H and O–H groups in total. The van der Waals surface area contributed by atoms with Crippen LogP contribution < -0.4 is 22.1 Å². The van der Waals surface area contributed by atoms with Gasteiger partial charge in [0.2, 0.25) is 5.91 Å². The molecule has 2 amide bonds. The Bertz CT molecular complexity index is 1130. The van der Waals surface area contributed by atoms with Crippen molar-refractivity contribution in [1.29, 1.82) is 0 Å². The van der Waals surface area contributed by atoms with Crippen LogP contribution in [0.5, 0.6) is 0 Å². The van der Waals surface area contributed by atoms with Crippen molar-refractivity contribution in [3.05, 3.63) is 42.5 Å². The number of nitrogens with two attached hydrogens (primary N) is 2. The fourth-order valence-electron chi connectivity index (χ4n) is 3.99. The molecule has 1 aliphatic carbocycles. The van der Waals surface area contributed by atoms with Crippen molar-refractivity contribution in [2.24, 2.45) is 5.73 Å². The first-order chi connectivity index (χ1) is 15.2. The van der Waals surface area contributed by atoms with Gasteiger partial charge in [0.15, 0.2) is 5.82 Å². The van der Waals surface area contributed by atoms with Gasteiger partial charge in [0.25, 0.3) is 5.91 Å². The first-order valence-electron chi connectivity index (χ1n) is 10.7. The second-order valence-electron chi connectivity index (χ2n) is 8.80. The highest BCUT2D eigenvalue weighted by Gasteiger charge is 2.29. The highest BCUT2D eigenvalue weighted by Crippen LogP contribution is 2.28. The van der Waals surface area contributed by atoms with Crippen LogP contribution in [0.4, 0.5) is 5.82 Å². The molecule has 3 aromatic rings. The molecule has 3 heterocycles. The Labute approximate surface area is 185 Å². The molecule has 0 radical (unpaired) electrons. The van der Waals surface area contributed by atoms with Crippen molar-refractivity contribution in [2.45, 2.75) is 57.2 Å². The van der Waals surface area contributed by atoms with Gasteiger partial charge in [-0.15, -0.1) is 0 Å². The molecular formula is C22H28N8O2. The van der Waals surface area contributed by atoms with Crippen LogP contribution in [0.2, 0.25) is 0 Å². The van der Waals surface area contributed by atoms with E-state index in [0.717, 1.165) is 36.9 Å². The molecule has 10 heteroatoms. The molecule has 1 saturated carbocycles. The van der Waals surface area contributed by atoms with Crippen LogP contribution in [-0.2, 0) is 4.79 Å². The zero-order chi connectivity index (χ0) is 22.9. The Morgan fingerprint density at radius 3 is 2.34 bits per heavy atom. The first-order valence-corrected chi connectivity index (χ1v) is 10.7. The van der Waals surface area contributed by atoms with Crippen molar-refractivity contribution in [1.82, 2.24) is 30.2 Å². The van der Waals surface area contributed by atoms with Crippen LogP contribution in [0.1, 0.15) is 49.9 Å². The largest absolute Gasteiger partial charge is 0.382 e. The molecule has 10 nitrogen and oxygen atoms in total. The molecule has 0 spiro atoms. The van der Waals surface area contributed by atoms with Gasteiger partial charge < -0.3 is 22.1 Å². The normalized spacial score (nSPS) is 19.0. The Hall–Kier alpha value is -3.53. The summed E-state index contributed by atoms with van der Waals surface area (Å²) in [6, 6.07) is 5.54. The zero-order valence-electron chi connectivity index (χ0n) is 18.2. The van der Waals surface area contributed by atoms with E-state index in [1.54, 1.807) is 36.8 Å². The van der Waals surface area contributed by atoms with E-state index in [4.69, 9.17) is 11.5 Å². The highest BCUT2D eigenvalue weighted by molar-refractivity contribution is 6.05. The van der Waals surface area contributed by atoms with E-state index >= 15 is 0 Å². The number of amides is 2. The summed E-state index contributed by atoms with van der Waals surface area (Å²) >= 11 is 0. The Morgan fingerprint density at radius 1 is 1.09 bits per heavy atom. The lowest BCUT2D eigenvalue weighted by atomic mass is 9.90. The van der Waals surface area contributed by atoms with E-state index in [1.807, 2.05) is 12.1 Å². The summed E-state index contributed by atoms with van der Waals surface area (Å²) in [5.41, 5.74) is 13.6. The van der Waals surface area contributed by atoms with Gasteiger partial charge in [-0.3, -0.25) is 14.6 Å². The lowest BCUT2D eigenvalue weighted by Gasteiger charge is -2.31. The Morgan fingerprint density at radius 2 is 1.72 bits per heavy atom. The first kappa shape index (κ1) is 21.7. The van der Waals surface area contributed by atoms with Crippen LogP contribution >= 0.6 is 0 Å². The zero-order valence-corrected chi connectivity index (χ0v) is 18.2. The number of nitrogen functional groups attached to an aromatic ring is 1. The predicted octanol–water partition coefficient (Wildman–Crippen LogP) is 1.27. The Balaban J connectivity index is 1.49. The summed E-state index contributed by atoms with van der Waals surface area (Å²) in [6.45, 7) is 3.37. The van der Waals surface area contributed by atoms with Gasteiger partial charge in [0.05, 0.1) is 16.8 Å². The predicted molar refractivity (Wildman–Crippen MR) is 121 cm³/mol. The third kappa shape index (κ3) is 4.40. The standard InChI is InChI=1S/C22H28N8O2/c1-22(2,24)21(32)29-15-5-3-14(4-6-15)28-20(31)16-11-17(13-7-9-25-10-8-13)30-18(16)19(23)26-12-27-30/h7-12,14-15H,3-6,24H2,1-2H3,(H,28,31)(H,29,32)(H2,23,26,27)/t14-,15-. The molecule has 1 fully saturated rings. The van der Waals surface area contributed by atoms with E-state index in [2.05, 4.69) is 25.7 Å². The summed E-state index contributed by atoms with van der Waals surface area (Å²) in [5, 5.41) is 10.4. The van der Waals surface area contributed by atoms with Gasteiger partial charge in [0, 0.05) is 30.0 Å². The molecule has 0 bridgehead atoms. The molecule has 4 rings (SSSR count). The molecule has 0 aliphatic heterocycles. The number of pyridine rings is 1. The smallest absolute Gasteiger partial charge is 0.253 e. The van der Waals surface area contributed by atoms with Gasteiger partial charge in [-0.2, -0.15) is 5.10 Å². The van der Waals surface area contributed by atoms with Crippen LogP contribution in [0, 0.1) is 0 Å². The SMILES string of the molecule is CC(C)(N)C(=O)N[C@H]1CC[C@H](NC(=O)c2cc(-c3ccncc3)n3ncnc(N)c23)CC1. The molecule has 32 heavy (non-hydrogen) atoms. The lowest BCUT2D eigenvalue weighted by molar-refractivity contribution is -0.126. The van der Waals surface area contributed by atoms with E-state index in [0.29, 0.717) is 11.1 Å².